The Morgan fingerprint density at radius 1 is 1.12 bits per heavy atom. The molecule has 0 spiro atoms. The van der Waals surface area contributed by atoms with E-state index in [9.17, 15) is 4.79 Å². The number of pyridine rings is 1. The SMILES string of the molecule is O=C(Cc1csc2nc(-c3ccccc3)cn12)NCc1ccncc1. The molecule has 0 fully saturated rings. The molecule has 3 heterocycles. The van der Waals surface area contributed by atoms with Gasteiger partial charge in [-0.2, -0.15) is 0 Å². The van der Waals surface area contributed by atoms with E-state index in [1.165, 1.54) is 0 Å². The second-order valence-electron chi connectivity index (χ2n) is 5.68. The number of nitrogens with zero attached hydrogens (tertiary/aromatic N) is 3. The highest BCUT2D eigenvalue weighted by Gasteiger charge is 2.12. The zero-order chi connectivity index (χ0) is 17.1. The summed E-state index contributed by atoms with van der Waals surface area (Å²) < 4.78 is 2.00. The van der Waals surface area contributed by atoms with Crippen LogP contribution in [0.4, 0.5) is 0 Å². The highest BCUT2D eigenvalue weighted by Crippen LogP contribution is 2.23. The quantitative estimate of drug-likeness (QED) is 0.602. The van der Waals surface area contributed by atoms with Crippen molar-refractivity contribution in [1.29, 1.82) is 0 Å². The van der Waals surface area contributed by atoms with Crippen LogP contribution in [-0.4, -0.2) is 20.3 Å². The van der Waals surface area contributed by atoms with Crippen LogP contribution in [0.2, 0.25) is 0 Å². The number of aromatic nitrogens is 3. The number of thiazole rings is 1. The number of rotatable bonds is 5. The van der Waals surface area contributed by atoms with Crippen molar-refractivity contribution in [2.75, 3.05) is 0 Å². The summed E-state index contributed by atoms with van der Waals surface area (Å²) in [5, 5.41) is 4.93. The van der Waals surface area contributed by atoms with Gasteiger partial charge in [0.2, 0.25) is 5.91 Å². The molecule has 124 valence electrons. The number of imidazole rings is 1. The standard InChI is InChI=1S/C19H16N4OS/c24-18(21-11-14-6-8-20-9-7-14)10-16-13-25-19-22-17(12-23(16)19)15-4-2-1-3-5-15/h1-9,12-13H,10-11H2,(H,21,24). The van der Waals surface area contributed by atoms with Gasteiger partial charge in [0.1, 0.15) is 0 Å². The fourth-order valence-electron chi connectivity index (χ4n) is 2.63. The molecule has 4 aromatic rings. The van der Waals surface area contributed by atoms with Gasteiger partial charge in [-0.15, -0.1) is 11.3 Å². The van der Waals surface area contributed by atoms with E-state index in [1.807, 2.05) is 58.4 Å². The fourth-order valence-corrected chi connectivity index (χ4v) is 3.51. The lowest BCUT2D eigenvalue weighted by Crippen LogP contribution is -2.24. The van der Waals surface area contributed by atoms with E-state index in [0.717, 1.165) is 27.5 Å². The van der Waals surface area contributed by atoms with Crippen LogP contribution in [0.15, 0.2) is 66.4 Å². The van der Waals surface area contributed by atoms with Gasteiger partial charge < -0.3 is 5.32 Å². The van der Waals surface area contributed by atoms with E-state index in [1.54, 1.807) is 23.7 Å². The molecule has 0 atom stereocenters. The summed E-state index contributed by atoms with van der Waals surface area (Å²) >= 11 is 1.55. The van der Waals surface area contributed by atoms with Crippen LogP contribution in [0, 0.1) is 0 Å². The van der Waals surface area contributed by atoms with Gasteiger partial charge in [0.25, 0.3) is 0 Å². The number of carbonyl (C=O) groups excluding carboxylic acids is 1. The van der Waals surface area contributed by atoms with Crippen LogP contribution >= 0.6 is 11.3 Å². The van der Waals surface area contributed by atoms with E-state index >= 15 is 0 Å². The largest absolute Gasteiger partial charge is 0.352 e. The summed E-state index contributed by atoms with van der Waals surface area (Å²) in [6.07, 6.45) is 5.77. The lowest BCUT2D eigenvalue weighted by atomic mass is 10.2. The van der Waals surface area contributed by atoms with Gasteiger partial charge in [-0.3, -0.25) is 14.2 Å². The Morgan fingerprint density at radius 3 is 2.72 bits per heavy atom. The van der Waals surface area contributed by atoms with Gasteiger partial charge in [-0.25, -0.2) is 4.98 Å². The Morgan fingerprint density at radius 2 is 1.92 bits per heavy atom. The number of benzene rings is 1. The third-order valence-electron chi connectivity index (χ3n) is 3.93. The molecule has 0 saturated heterocycles. The average Bonchev–Trinajstić information content (AvgIpc) is 3.24. The number of fused-ring (bicyclic) bond motifs is 1. The summed E-state index contributed by atoms with van der Waals surface area (Å²) in [5.74, 6) is -0.00790. The summed E-state index contributed by atoms with van der Waals surface area (Å²) in [6, 6.07) is 13.8. The van der Waals surface area contributed by atoms with E-state index in [2.05, 4.69) is 15.3 Å². The predicted molar refractivity (Wildman–Crippen MR) is 98.3 cm³/mol. The molecule has 0 unspecified atom stereocenters. The third-order valence-corrected chi connectivity index (χ3v) is 4.82. The monoisotopic (exact) mass is 348 g/mol. The Kier molecular flexibility index (Phi) is 4.26. The smallest absolute Gasteiger partial charge is 0.226 e. The number of amides is 1. The molecule has 5 nitrogen and oxygen atoms in total. The molecule has 1 amide bonds. The second kappa shape index (κ2) is 6.86. The van der Waals surface area contributed by atoms with Crippen molar-refractivity contribution in [2.24, 2.45) is 0 Å². The van der Waals surface area contributed by atoms with Crippen LogP contribution in [0.5, 0.6) is 0 Å². The second-order valence-corrected chi connectivity index (χ2v) is 6.52. The van der Waals surface area contributed by atoms with Crippen LogP contribution < -0.4 is 5.32 Å². The van der Waals surface area contributed by atoms with Gasteiger partial charge in [0.15, 0.2) is 4.96 Å². The zero-order valence-electron chi connectivity index (χ0n) is 13.4. The van der Waals surface area contributed by atoms with E-state index in [0.29, 0.717) is 13.0 Å². The Labute approximate surface area is 149 Å². The first-order valence-corrected chi connectivity index (χ1v) is 8.84. The first kappa shape index (κ1) is 15.5. The van der Waals surface area contributed by atoms with Crippen molar-refractivity contribution in [3.63, 3.8) is 0 Å². The molecular weight excluding hydrogens is 332 g/mol. The normalized spacial score (nSPS) is 10.9. The Balaban J connectivity index is 1.48. The maximum absolute atomic E-state index is 12.2. The first-order chi connectivity index (χ1) is 12.3. The van der Waals surface area contributed by atoms with Crippen molar-refractivity contribution in [1.82, 2.24) is 19.7 Å². The molecular formula is C19H16N4OS. The Bertz CT molecular complexity index is 992. The summed E-state index contributed by atoms with van der Waals surface area (Å²) in [4.78, 5) is 21.8. The van der Waals surface area contributed by atoms with Gasteiger partial charge in [0.05, 0.1) is 12.1 Å². The van der Waals surface area contributed by atoms with Crippen LogP contribution in [0.1, 0.15) is 11.3 Å². The molecule has 0 aliphatic carbocycles. The number of nitrogens with one attached hydrogen (secondary N) is 1. The van der Waals surface area contributed by atoms with Crippen molar-refractivity contribution >= 4 is 22.2 Å². The molecule has 1 N–H and O–H groups in total. The molecule has 0 aliphatic heterocycles. The number of carbonyl (C=O) groups is 1. The molecule has 0 radical (unpaired) electrons. The third kappa shape index (κ3) is 3.44. The highest BCUT2D eigenvalue weighted by atomic mass is 32.1. The van der Waals surface area contributed by atoms with Crippen LogP contribution in [0.25, 0.3) is 16.2 Å². The van der Waals surface area contributed by atoms with Crippen LogP contribution in [0.3, 0.4) is 0 Å². The lowest BCUT2D eigenvalue weighted by molar-refractivity contribution is -0.120. The van der Waals surface area contributed by atoms with E-state index in [4.69, 9.17) is 0 Å². The van der Waals surface area contributed by atoms with E-state index in [-0.39, 0.29) is 5.91 Å². The average molecular weight is 348 g/mol. The fraction of sp³-hybridized carbons (Fsp3) is 0.105. The summed E-state index contributed by atoms with van der Waals surface area (Å²) in [5.41, 5.74) is 3.98. The lowest BCUT2D eigenvalue weighted by Gasteiger charge is -2.04. The minimum Gasteiger partial charge on any atom is -0.352 e. The molecule has 4 rings (SSSR count). The molecule has 1 aromatic carbocycles. The summed E-state index contributed by atoms with van der Waals surface area (Å²) in [7, 11) is 0. The van der Waals surface area contributed by atoms with Gasteiger partial charge in [0, 0.05) is 41.8 Å². The molecule has 0 saturated carbocycles. The van der Waals surface area contributed by atoms with Crippen molar-refractivity contribution in [2.45, 2.75) is 13.0 Å². The Hall–Kier alpha value is -2.99. The van der Waals surface area contributed by atoms with Crippen LogP contribution in [-0.2, 0) is 17.8 Å². The number of hydrogen-bond donors (Lipinski definition) is 1. The predicted octanol–water partition coefficient (Wildman–Crippen LogP) is 3.32. The maximum atomic E-state index is 12.2. The topological polar surface area (TPSA) is 59.3 Å². The molecule has 6 heteroatoms. The summed E-state index contributed by atoms with van der Waals surface area (Å²) in [6.45, 7) is 0.508. The first-order valence-electron chi connectivity index (χ1n) is 7.96. The zero-order valence-corrected chi connectivity index (χ0v) is 14.2. The van der Waals surface area contributed by atoms with Gasteiger partial charge in [-0.05, 0) is 17.7 Å². The molecule has 0 aliphatic rings. The molecule has 25 heavy (non-hydrogen) atoms. The van der Waals surface area contributed by atoms with E-state index < -0.39 is 0 Å². The maximum Gasteiger partial charge on any atom is 0.226 e. The van der Waals surface area contributed by atoms with Crippen molar-refractivity contribution < 1.29 is 4.79 Å². The highest BCUT2D eigenvalue weighted by molar-refractivity contribution is 7.15. The van der Waals surface area contributed by atoms with Gasteiger partial charge >= 0.3 is 0 Å². The van der Waals surface area contributed by atoms with Crippen molar-refractivity contribution in [3.05, 3.63) is 77.7 Å². The minimum absolute atomic E-state index is 0.00790. The number of hydrogen-bond acceptors (Lipinski definition) is 4. The molecule has 0 bridgehead atoms. The minimum atomic E-state index is -0.00790. The van der Waals surface area contributed by atoms with Gasteiger partial charge in [-0.1, -0.05) is 30.3 Å². The molecule has 3 aromatic heterocycles. The van der Waals surface area contributed by atoms with Crippen molar-refractivity contribution in [3.8, 4) is 11.3 Å².